The molecule has 2 heteroatoms. The van der Waals surface area contributed by atoms with E-state index in [-0.39, 0.29) is 6.04 Å². The number of pyridine rings is 1. The van der Waals surface area contributed by atoms with Gasteiger partial charge in [0.25, 0.3) is 0 Å². The molecule has 1 aromatic rings. The van der Waals surface area contributed by atoms with Gasteiger partial charge in [-0.2, -0.15) is 0 Å². The van der Waals surface area contributed by atoms with Crippen molar-refractivity contribution in [3.05, 3.63) is 29.6 Å². The Morgan fingerprint density at radius 1 is 1.64 bits per heavy atom. The number of rotatable bonds is 0. The zero-order valence-corrected chi connectivity index (χ0v) is 6.62. The minimum absolute atomic E-state index is 0.207. The maximum Gasteiger partial charge on any atom is 0.0454 e. The zero-order valence-electron chi connectivity index (χ0n) is 6.62. The minimum Gasteiger partial charge on any atom is -0.324 e. The lowest BCUT2D eigenvalue weighted by Gasteiger charge is -2.08. The smallest absolute Gasteiger partial charge is 0.0454 e. The topological polar surface area (TPSA) is 38.9 Å². The van der Waals surface area contributed by atoms with Crippen molar-refractivity contribution in [2.24, 2.45) is 11.7 Å². The van der Waals surface area contributed by atoms with E-state index in [9.17, 15) is 0 Å². The highest BCUT2D eigenvalue weighted by Crippen LogP contribution is 2.31. The number of aromatic nitrogens is 1. The third-order valence-corrected chi connectivity index (χ3v) is 2.41. The van der Waals surface area contributed by atoms with Crippen LogP contribution < -0.4 is 5.73 Å². The minimum atomic E-state index is 0.207. The van der Waals surface area contributed by atoms with E-state index in [1.807, 2.05) is 12.3 Å². The summed E-state index contributed by atoms with van der Waals surface area (Å²) in [5.41, 5.74) is 8.37. The summed E-state index contributed by atoms with van der Waals surface area (Å²) in [6, 6.07) is 4.24. The average molecular weight is 148 g/mol. The van der Waals surface area contributed by atoms with Crippen LogP contribution in [-0.4, -0.2) is 4.98 Å². The van der Waals surface area contributed by atoms with Gasteiger partial charge in [-0.1, -0.05) is 13.0 Å². The van der Waals surface area contributed by atoms with Crippen LogP contribution in [0.15, 0.2) is 18.3 Å². The van der Waals surface area contributed by atoms with Gasteiger partial charge in [0.15, 0.2) is 0 Å². The fraction of sp³-hybridized carbons (Fsp3) is 0.444. The van der Waals surface area contributed by atoms with E-state index in [1.165, 1.54) is 11.3 Å². The molecule has 2 atom stereocenters. The molecule has 58 valence electrons. The Labute approximate surface area is 66.4 Å². The first kappa shape index (κ1) is 6.80. The van der Waals surface area contributed by atoms with Gasteiger partial charge in [-0.25, -0.2) is 0 Å². The van der Waals surface area contributed by atoms with Gasteiger partial charge in [0, 0.05) is 17.9 Å². The summed E-state index contributed by atoms with van der Waals surface area (Å²) >= 11 is 0. The molecule has 0 amide bonds. The molecule has 1 heterocycles. The van der Waals surface area contributed by atoms with Crippen LogP contribution in [0.5, 0.6) is 0 Å². The predicted molar refractivity (Wildman–Crippen MR) is 44.0 cm³/mol. The van der Waals surface area contributed by atoms with Crippen molar-refractivity contribution >= 4 is 0 Å². The van der Waals surface area contributed by atoms with Crippen LogP contribution in [-0.2, 0) is 6.42 Å². The van der Waals surface area contributed by atoms with Crippen molar-refractivity contribution < 1.29 is 0 Å². The van der Waals surface area contributed by atoms with Crippen molar-refractivity contribution in [3.63, 3.8) is 0 Å². The lowest BCUT2D eigenvalue weighted by molar-refractivity contribution is 0.512. The molecule has 11 heavy (non-hydrogen) atoms. The normalized spacial score (nSPS) is 28.5. The average Bonchev–Trinajstić information content (AvgIpc) is 2.30. The van der Waals surface area contributed by atoms with Gasteiger partial charge in [0.2, 0.25) is 0 Å². The fourth-order valence-electron chi connectivity index (χ4n) is 1.66. The Hall–Kier alpha value is -0.890. The summed E-state index contributed by atoms with van der Waals surface area (Å²) in [6.45, 7) is 2.17. The zero-order chi connectivity index (χ0) is 7.84. The van der Waals surface area contributed by atoms with Gasteiger partial charge in [-0.3, -0.25) is 4.98 Å². The molecule has 0 aliphatic heterocycles. The third-order valence-electron chi connectivity index (χ3n) is 2.41. The van der Waals surface area contributed by atoms with Gasteiger partial charge in [0.1, 0.15) is 0 Å². The molecule has 2 N–H and O–H groups in total. The molecule has 0 saturated carbocycles. The number of hydrogen-bond donors (Lipinski definition) is 1. The first-order chi connectivity index (χ1) is 5.29. The SMILES string of the molecule is CC1Cc2ncccc2C1N. The van der Waals surface area contributed by atoms with Crippen LogP contribution >= 0.6 is 0 Å². The molecule has 0 fully saturated rings. The highest BCUT2D eigenvalue weighted by molar-refractivity contribution is 5.29. The van der Waals surface area contributed by atoms with Gasteiger partial charge in [-0.05, 0) is 24.0 Å². The molecule has 0 radical (unpaired) electrons. The van der Waals surface area contributed by atoms with E-state index in [0.29, 0.717) is 5.92 Å². The van der Waals surface area contributed by atoms with Crippen molar-refractivity contribution in [3.8, 4) is 0 Å². The van der Waals surface area contributed by atoms with Crippen molar-refractivity contribution in [1.29, 1.82) is 0 Å². The highest BCUT2D eigenvalue weighted by atomic mass is 14.8. The Bertz CT molecular complexity index is 270. The molecule has 0 bridgehead atoms. The lowest BCUT2D eigenvalue weighted by Crippen LogP contribution is -2.13. The molecule has 0 saturated heterocycles. The summed E-state index contributed by atoms with van der Waals surface area (Å²) < 4.78 is 0. The van der Waals surface area contributed by atoms with E-state index >= 15 is 0 Å². The maximum atomic E-state index is 5.95. The van der Waals surface area contributed by atoms with Crippen molar-refractivity contribution in [2.75, 3.05) is 0 Å². The van der Waals surface area contributed by atoms with E-state index in [2.05, 4.69) is 18.0 Å². The Kier molecular flexibility index (Phi) is 1.43. The van der Waals surface area contributed by atoms with Crippen LogP contribution in [0.25, 0.3) is 0 Å². The van der Waals surface area contributed by atoms with Crippen LogP contribution in [0.2, 0.25) is 0 Å². The molecular formula is C9H12N2. The quantitative estimate of drug-likeness (QED) is 0.601. The molecule has 1 aliphatic carbocycles. The molecular weight excluding hydrogens is 136 g/mol. The molecule has 1 aromatic heterocycles. The first-order valence-corrected chi connectivity index (χ1v) is 3.98. The van der Waals surface area contributed by atoms with Crippen molar-refractivity contribution in [1.82, 2.24) is 4.98 Å². The second-order valence-corrected chi connectivity index (χ2v) is 3.25. The van der Waals surface area contributed by atoms with E-state index in [4.69, 9.17) is 5.73 Å². The largest absolute Gasteiger partial charge is 0.324 e. The van der Waals surface area contributed by atoms with Crippen LogP contribution in [0.1, 0.15) is 24.2 Å². The van der Waals surface area contributed by atoms with Gasteiger partial charge >= 0.3 is 0 Å². The number of fused-ring (bicyclic) bond motifs is 1. The Morgan fingerprint density at radius 2 is 2.45 bits per heavy atom. The maximum absolute atomic E-state index is 5.95. The van der Waals surface area contributed by atoms with Crippen molar-refractivity contribution in [2.45, 2.75) is 19.4 Å². The summed E-state index contributed by atoms with van der Waals surface area (Å²) in [6.07, 6.45) is 2.88. The summed E-state index contributed by atoms with van der Waals surface area (Å²) in [5, 5.41) is 0. The summed E-state index contributed by atoms with van der Waals surface area (Å²) in [4.78, 5) is 4.28. The fourth-order valence-corrected chi connectivity index (χ4v) is 1.66. The number of nitrogens with two attached hydrogens (primary N) is 1. The van der Waals surface area contributed by atoms with Gasteiger partial charge in [-0.15, -0.1) is 0 Å². The molecule has 1 aliphatic rings. The molecule has 0 spiro atoms. The number of hydrogen-bond acceptors (Lipinski definition) is 2. The second kappa shape index (κ2) is 2.31. The third kappa shape index (κ3) is 0.942. The molecule has 2 rings (SSSR count). The van der Waals surface area contributed by atoms with E-state index < -0.39 is 0 Å². The summed E-state index contributed by atoms with van der Waals surface area (Å²) in [5.74, 6) is 0.555. The standard InChI is InChI=1S/C9H12N2/c1-6-5-8-7(9(6)10)3-2-4-11-8/h2-4,6,9H,5,10H2,1H3. The lowest BCUT2D eigenvalue weighted by atomic mass is 10.0. The first-order valence-electron chi connectivity index (χ1n) is 3.98. The van der Waals surface area contributed by atoms with Crippen LogP contribution in [0.4, 0.5) is 0 Å². The molecule has 0 aromatic carbocycles. The summed E-state index contributed by atoms with van der Waals surface area (Å²) in [7, 11) is 0. The second-order valence-electron chi connectivity index (χ2n) is 3.25. The van der Waals surface area contributed by atoms with E-state index in [0.717, 1.165) is 6.42 Å². The predicted octanol–water partition coefficient (Wildman–Crippen LogP) is 1.27. The number of nitrogens with zero attached hydrogens (tertiary/aromatic N) is 1. The van der Waals surface area contributed by atoms with Crippen LogP contribution in [0, 0.1) is 5.92 Å². The van der Waals surface area contributed by atoms with Gasteiger partial charge in [0.05, 0.1) is 0 Å². The Balaban J connectivity index is 2.47. The van der Waals surface area contributed by atoms with Crippen LogP contribution in [0.3, 0.4) is 0 Å². The monoisotopic (exact) mass is 148 g/mol. The Morgan fingerprint density at radius 3 is 3.18 bits per heavy atom. The van der Waals surface area contributed by atoms with E-state index in [1.54, 1.807) is 0 Å². The molecule has 2 nitrogen and oxygen atoms in total. The highest BCUT2D eigenvalue weighted by Gasteiger charge is 2.26. The van der Waals surface area contributed by atoms with Gasteiger partial charge < -0.3 is 5.73 Å². The molecule has 2 unspecified atom stereocenters.